The van der Waals surface area contributed by atoms with E-state index in [0.717, 1.165) is 0 Å². The first-order chi connectivity index (χ1) is 8.11. The quantitative estimate of drug-likeness (QED) is 0.823. The van der Waals surface area contributed by atoms with Gasteiger partial charge in [-0.1, -0.05) is 23.7 Å². The number of nitrogens with two attached hydrogens (primary N) is 1. The van der Waals surface area contributed by atoms with Gasteiger partial charge in [0.05, 0.1) is 11.1 Å². The molecule has 0 amide bonds. The monoisotopic (exact) mass is 261 g/mol. The number of methoxy groups -OCH3 is 1. The summed E-state index contributed by atoms with van der Waals surface area (Å²) in [4.78, 5) is 0. The van der Waals surface area contributed by atoms with Gasteiger partial charge in [-0.15, -0.1) is 0 Å². The predicted octanol–water partition coefficient (Wildman–Crippen LogP) is 1.92. The molecule has 1 aromatic rings. The molecule has 0 saturated carbocycles. The van der Waals surface area contributed by atoms with E-state index in [2.05, 4.69) is 0 Å². The van der Waals surface area contributed by atoms with Crippen molar-refractivity contribution in [2.75, 3.05) is 20.3 Å². The summed E-state index contributed by atoms with van der Waals surface area (Å²) in [6, 6.07) is 4.71. The number of ether oxygens (including phenoxy) is 1. The van der Waals surface area contributed by atoms with E-state index < -0.39 is 17.8 Å². The molecule has 0 aliphatic rings. The average Bonchev–Trinajstić information content (AvgIpc) is 2.32. The molecule has 5 heteroatoms. The smallest absolute Gasteiger partial charge is 0.145 e. The molecule has 3 nitrogen and oxygen atoms in total. The predicted molar refractivity (Wildman–Crippen MR) is 65.7 cm³/mol. The van der Waals surface area contributed by atoms with E-state index in [1.807, 2.05) is 0 Å². The van der Waals surface area contributed by atoms with Crippen LogP contribution in [0.2, 0.25) is 5.02 Å². The summed E-state index contributed by atoms with van der Waals surface area (Å²) >= 11 is 5.70. The van der Waals surface area contributed by atoms with Crippen molar-refractivity contribution in [2.24, 2.45) is 5.73 Å². The molecule has 1 rings (SSSR count). The Labute approximate surface area is 105 Å². The van der Waals surface area contributed by atoms with Gasteiger partial charge >= 0.3 is 0 Å². The number of halogens is 2. The molecule has 0 aromatic heterocycles. The zero-order valence-corrected chi connectivity index (χ0v) is 10.5. The third kappa shape index (κ3) is 3.64. The second kappa shape index (κ2) is 6.91. The standard InChI is InChI=1S/C12H17ClFNO2/c1-17-6-5-11(16)9(7-15)8-3-2-4-10(13)12(8)14/h2-4,9,11,16H,5-7,15H2,1H3. The van der Waals surface area contributed by atoms with Crippen LogP contribution in [0.3, 0.4) is 0 Å². The number of aliphatic hydroxyl groups is 1. The van der Waals surface area contributed by atoms with Crippen molar-refractivity contribution >= 4 is 11.6 Å². The van der Waals surface area contributed by atoms with Crippen LogP contribution in [0.25, 0.3) is 0 Å². The van der Waals surface area contributed by atoms with Gasteiger partial charge in [-0.05, 0) is 18.1 Å². The van der Waals surface area contributed by atoms with Crippen LogP contribution in [0.1, 0.15) is 17.9 Å². The fourth-order valence-electron chi connectivity index (χ4n) is 1.74. The first-order valence-corrected chi connectivity index (χ1v) is 5.80. The van der Waals surface area contributed by atoms with Gasteiger partial charge < -0.3 is 15.6 Å². The Morgan fingerprint density at radius 3 is 2.82 bits per heavy atom. The van der Waals surface area contributed by atoms with Crippen molar-refractivity contribution < 1.29 is 14.2 Å². The summed E-state index contributed by atoms with van der Waals surface area (Å²) in [5.74, 6) is -0.982. The normalized spacial score (nSPS) is 14.6. The third-order valence-corrected chi connectivity index (χ3v) is 3.01. The highest BCUT2D eigenvalue weighted by Crippen LogP contribution is 2.27. The largest absolute Gasteiger partial charge is 0.392 e. The Morgan fingerprint density at radius 1 is 1.53 bits per heavy atom. The second-order valence-electron chi connectivity index (χ2n) is 3.83. The van der Waals surface area contributed by atoms with E-state index in [1.54, 1.807) is 19.2 Å². The van der Waals surface area contributed by atoms with Gasteiger partial charge in [-0.2, -0.15) is 0 Å². The fourth-order valence-corrected chi connectivity index (χ4v) is 1.92. The number of benzene rings is 1. The SMILES string of the molecule is COCCC(O)C(CN)c1cccc(Cl)c1F. The molecule has 0 saturated heterocycles. The lowest BCUT2D eigenvalue weighted by Gasteiger charge is -2.22. The summed E-state index contributed by atoms with van der Waals surface area (Å²) < 4.78 is 18.7. The summed E-state index contributed by atoms with van der Waals surface area (Å²) in [7, 11) is 1.55. The van der Waals surface area contributed by atoms with Gasteiger partial charge in [0.2, 0.25) is 0 Å². The summed E-state index contributed by atoms with van der Waals surface area (Å²) in [6.45, 7) is 0.558. The van der Waals surface area contributed by atoms with Crippen LogP contribution in [0.5, 0.6) is 0 Å². The topological polar surface area (TPSA) is 55.5 Å². The van der Waals surface area contributed by atoms with E-state index >= 15 is 0 Å². The molecule has 0 heterocycles. The summed E-state index contributed by atoms with van der Waals surface area (Å²) in [5.41, 5.74) is 5.94. The van der Waals surface area contributed by atoms with Crippen LogP contribution < -0.4 is 5.73 Å². The van der Waals surface area contributed by atoms with E-state index in [1.165, 1.54) is 6.07 Å². The minimum absolute atomic E-state index is 0.0416. The zero-order valence-electron chi connectivity index (χ0n) is 9.70. The van der Waals surface area contributed by atoms with E-state index in [-0.39, 0.29) is 11.6 Å². The summed E-state index contributed by atoms with van der Waals surface area (Å²) in [5, 5.41) is 9.98. The molecule has 96 valence electrons. The maximum atomic E-state index is 13.8. The Hall–Kier alpha value is -0.680. The van der Waals surface area contributed by atoms with Crippen LogP contribution in [-0.4, -0.2) is 31.5 Å². The lowest BCUT2D eigenvalue weighted by Crippen LogP contribution is -2.27. The summed E-state index contributed by atoms with van der Waals surface area (Å²) in [6.07, 6.45) is -0.336. The van der Waals surface area contributed by atoms with E-state index in [4.69, 9.17) is 22.1 Å². The van der Waals surface area contributed by atoms with Gasteiger partial charge in [0.1, 0.15) is 5.82 Å². The van der Waals surface area contributed by atoms with Crippen LogP contribution in [0.4, 0.5) is 4.39 Å². The highest BCUT2D eigenvalue weighted by Gasteiger charge is 2.23. The van der Waals surface area contributed by atoms with Crippen molar-refractivity contribution in [3.05, 3.63) is 34.6 Å². The fraction of sp³-hybridized carbons (Fsp3) is 0.500. The Morgan fingerprint density at radius 2 is 2.24 bits per heavy atom. The van der Waals surface area contributed by atoms with Gasteiger partial charge in [0.25, 0.3) is 0 Å². The zero-order chi connectivity index (χ0) is 12.8. The van der Waals surface area contributed by atoms with Gasteiger partial charge in [-0.25, -0.2) is 4.39 Å². The Kier molecular flexibility index (Phi) is 5.85. The highest BCUT2D eigenvalue weighted by molar-refractivity contribution is 6.30. The van der Waals surface area contributed by atoms with Crippen molar-refractivity contribution in [1.82, 2.24) is 0 Å². The van der Waals surface area contributed by atoms with Crippen molar-refractivity contribution in [2.45, 2.75) is 18.4 Å². The van der Waals surface area contributed by atoms with E-state index in [9.17, 15) is 9.50 Å². The molecule has 1 aromatic carbocycles. The molecule has 17 heavy (non-hydrogen) atoms. The molecular weight excluding hydrogens is 245 g/mol. The van der Waals surface area contributed by atoms with Gasteiger partial charge in [0.15, 0.2) is 0 Å². The first-order valence-electron chi connectivity index (χ1n) is 5.42. The lowest BCUT2D eigenvalue weighted by atomic mass is 9.91. The number of hydrogen-bond donors (Lipinski definition) is 2. The van der Waals surface area contributed by atoms with Crippen LogP contribution in [-0.2, 0) is 4.74 Å². The molecule has 0 radical (unpaired) electrons. The molecule has 0 aliphatic heterocycles. The molecule has 0 fully saturated rings. The van der Waals surface area contributed by atoms with Gasteiger partial charge in [0, 0.05) is 26.2 Å². The molecule has 2 unspecified atom stereocenters. The minimum Gasteiger partial charge on any atom is -0.392 e. The number of aliphatic hydroxyl groups excluding tert-OH is 1. The first kappa shape index (κ1) is 14.4. The van der Waals surface area contributed by atoms with Crippen molar-refractivity contribution in [3.8, 4) is 0 Å². The van der Waals surface area contributed by atoms with Crippen LogP contribution >= 0.6 is 11.6 Å². The second-order valence-corrected chi connectivity index (χ2v) is 4.24. The van der Waals surface area contributed by atoms with Crippen molar-refractivity contribution in [3.63, 3.8) is 0 Å². The Bertz CT molecular complexity index is 362. The molecule has 2 atom stereocenters. The Balaban J connectivity index is 2.89. The molecule has 0 bridgehead atoms. The number of hydrogen-bond acceptors (Lipinski definition) is 3. The lowest BCUT2D eigenvalue weighted by molar-refractivity contribution is 0.0911. The van der Waals surface area contributed by atoms with Crippen molar-refractivity contribution in [1.29, 1.82) is 0 Å². The number of rotatable bonds is 6. The van der Waals surface area contributed by atoms with E-state index in [0.29, 0.717) is 18.6 Å². The molecule has 3 N–H and O–H groups in total. The molecule has 0 aliphatic carbocycles. The minimum atomic E-state index is -0.743. The average molecular weight is 262 g/mol. The maximum Gasteiger partial charge on any atom is 0.145 e. The van der Waals surface area contributed by atoms with Crippen LogP contribution in [0.15, 0.2) is 18.2 Å². The third-order valence-electron chi connectivity index (χ3n) is 2.72. The molecular formula is C12H17ClFNO2. The van der Waals surface area contributed by atoms with Crippen LogP contribution in [0, 0.1) is 5.82 Å². The van der Waals surface area contributed by atoms with Gasteiger partial charge in [-0.3, -0.25) is 0 Å². The highest BCUT2D eigenvalue weighted by atomic mass is 35.5. The maximum absolute atomic E-state index is 13.8. The molecule has 0 spiro atoms.